The molecule has 1 saturated heterocycles. The number of hydrogen-bond acceptors (Lipinski definition) is 4. The van der Waals surface area contributed by atoms with E-state index in [1.54, 1.807) is 0 Å². The quantitative estimate of drug-likeness (QED) is 0.653. The fourth-order valence-electron chi connectivity index (χ4n) is 9.70. The zero-order valence-electron chi connectivity index (χ0n) is 16.8. The lowest BCUT2D eigenvalue weighted by molar-refractivity contribution is -0.211. The maximum atomic E-state index is 12.2. The molecule has 5 saturated carbocycles. The van der Waals surface area contributed by atoms with Gasteiger partial charge in [0.1, 0.15) is 5.60 Å². The maximum Gasteiger partial charge on any atom is 0.306 e. The molecule has 11 atom stereocenters. The molecule has 1 heterocycles. The second-order valence-corrected chi connectivity index (χ2v) is 11.6. The molecule has 10 unspecified atom stereocenters. The van der Waals surface area contributed by atoms with Crippen LogP contribution in [0.4, 0.5) is 0 Å². The topological polar surface area (TPSA) is 63.6 Å². The molecule has 6 fully saturated rings. The van der Waals surface area contributed by atoms with Gasteiger partial charge in [-0.25, -0.2) is 0 Å². The van der Waals surface area contributed by atoms with Crippen molar-refractivity contribution in [1.29, 1.82) is 0 Å². The third kappa shape index (κ3) is 1.57. The maximum absolute atomic E-state index is 12.2. The van der Waals surface area contributed by atoms with Crippen LogP contribution in [-0.4, -0.2) is 28.6 Å². The number of ketones is 1. The molecule has 1 aliphatic heterocycles. The van der Waals surface area contributed by atoms with Crippen molar-refractivity contribution in [2.75, 3.05) is 0 Å². The number of carbonyl (C=O) groups is 2. The van der Waals surface area contributed by atoms with Gasteiger partial charge in [0.05, 0.1) is 6.10 Å². The highest BCUT2D eigenvalue weighted by atomic mass is 16.6. The van der Waals surface area contributed by atoms with Crippen LogP contribution in [0, 0.1) is 52.3 Å². The summed E-state index contributed by atoms with van der Waals surface area (Å²) in [6.07, 6.45) is 7.72. The summed E-state index contributed by atoms with van der Waals surface area (Å²) in [5.74, 6) is 4.19. The molecule has 0 amide bonds. The zero-order valence-corrected chi connectivity index (χ0v) is 16.8. The number of aliphatic hydroxyl groups excluding tert-OH is 1. The highest BCUT2D eigenvalue weighted by molar-refractivity contribution is 5.92. The molecule has 4 nitrogen and oxygen atoms in total. The summed E-state index contributed by atoms with van der Waals surface area (Å²) >= 11 is 0. The smallest absolute Gasteiger partial charge is 0.306 e. The highest BCUT2D eigenvalue weighted by Gasteiger charge is 2.83. The van der Waals surface area contributed by atoms with Gasteiger partial charge in [-0.15, -0.1) is 0 Å². The van der Waals surface area contributed by atoms with Crippen LogP contribution in [0.3, 0.4) is 0 Å². The third-order valence-corrected chi connectivity index (χ3v) is 11.0. The first kappa shape index (κ1) is 16.6. The fourth-order valence-corrected chi connectivity index (χ4v) is 9.70. The summed E-state index contributed by atoms with van der Waals surface area (Å²) in [7, 11) is 0. The lowest BCUT2D eigenvalue weighted by atomic mass is 9.44. The Morgan fingerprint density at radius 2 is 1.86 bits per heavy atom. The molecule has 0 aromatic heterocycles. The van der Waals surface area contributed by atoms with E-state index in [1.807, 2.05) is 6.08 Å². The number of allylic oxidation sites excluding steroid dienone is 1. The van der Waals surface area contributed by atoms with Gasteiger partial charge in [-0.2, -0.15) is 0 Å². The number of ether oxygens (including phenoxy) is 1. The van der Waals surface area contributed by atoms with Crippen LogP contribution >= 0.6 is 0 Å². The predicted octanol–water partition coefficient (Wildman–Crippen LogP) is 3.28. The summed E-state index contributed by atoms with van der Waals surface area (Å²) in [6, 6.07) is 0. The van der Waals surface area contributed by atoms with Crippen LogP contribution in [0.25, 0.3) is 0 Å². The minimum atomic E-state index is -0.413. The largest absolute Gasteiger partial charge is 0.458 e. The molecular formula is C24H30O4. The molecule has 0 aromatic rings. The molecular weight excluding hydrogens is 352 g/mol. The van der Waals surface area contributed by atoms with Gasteiger partial charge in [-0.05, 0) is 79.1 Å². The Hall–Kier alpha value is -1.16. The second kappa shape index (κ2) is 4.61. The van der Waals surface area contributed by atoms with Gasteiger partial charge in [-0.1, -0.05) is 19.4 Å². The Kier molecular flexibility index (Phi) is 2.73. The normalized spacial score (nSPS) is 62.9. The van der Waals surface area contributed by atoms with Crippen molar-refractivity contribution in [1.82, 2.24) is 0 Å². The van der Waals surface area contributed by atoms with E-state index in [0.717, 1.165) is 19.3 Å². The Labute approximate surface area is 166 Å². The Balaban J connectivity index is 1.36. The van der Waals surface area contributed by atoms with Crippen molar-refractivity contribution in [2.24, 2.45) is 52.3 Å². The fraction of sp³-hybridized carbons (Fsp3) is 0.833. The van der Waals surface area contributed by atoms with Crippen molar-refractivity contribution in [3.63, 3.8) is 0 Å². The summed E-state index contributed by atoms with van der Waals surface area (Å²) in [6.45, 7) is 4.65. The van der Waals surface area contributed by atoms with Gasteiger partial charge in [0.25, 0.3) is 0 Å². The average molecular weight is 383 g/mol. The Morgan fingerprint density at radius 3 is 2.61 bits per heavy atom. The van der Waals surface area contributed by atoms with E-state index in [0.29, 0.717) is 60.1 Å². The number of esters is 1. The molecule has 0 radical (unpaired) electrons. The summed E-state index contributed by atoms with van der Waals surface area (Å²) < 4.78 is 6.13. The SMILES string of the molecule is CC12CCC(=O)C=C1C1CC1C1C2CC(O)C2(C)C1C1CC1[C@@]21CCC(=O)O1. The van der Waals surface area contributed by atoms with Crippen LogP contribution in [0.1, 0.15) is 58.8 Å². The minimum absolute atomic E-state index is 0.0576. The molecule has 6 aliphatic carbocycles. The minimum Gasteiger partial charge on any atom is -0.458 e. The number of carbonyl (C=O) groups excluding carboxylic acids is 2. The van der Waals surface area contributed by atoms with E-state index in [2.05, 4.69) is 13.8 Å². The average Bonchev–Trinajstić information content (AvgIpc) is 3.55. The first-order valence-electron chi connectivity index (χ1n) is 11.5. The van der Waals surface area contributed by atoms with Crippen LogP contribution in [0.2, 0.25) is 0 Å². The third-order valence-electron chi connectivity index (χ3n) is 11.0. The number of rotatable bonds is 0. The van der Waals surface area contributed by atoms with E-state index in [1.165, 1.54) is 18.4 Å². The molecule has 150 valence electrons. The lowest BCUT2D eigenvalue weighted by Crippen LogP contribution is -2.63. The first-order valence-corrected chi connectivity index (χ1v) is 11.5. The Bertz CT molecular complexity index is 861. The summed E-state index contributed by atoms with van der Waals surface area (Å²) in [5.41, 5.74) is 0.792. The monoisotopic (exact) mass is 382 g/mol. The molecule has 7 aliphatic rings. The van der Waals surface area contributed by atoms with E-state index in [9.17, 15) is 14.7 Å². The zero-order chi connectivity index (χ0) is 19.2. The van der Waals surface area contributed by atoms with Crippen LogP contribution < -0.4 is 0 Å². The van der Waals surface area contributed by atoms with Gasteiger partial charge in [0.2, 0.25) is 0 Å². The molecule has 1 N–H and O–H groups in total. The van der Waals surface area contributed by atoms with Crippen LogP contribution in [0.15, 0.2) is 11.6 Å². The van der Waals surface area contributed by atoms with Gasteiger partial charge in [0.15, 0.2) is 5.78 Å². The number of fused-ring (bicyclic) bond motifs is 12. The summed E-state index contributed by atoms with van der Waals surface area (Å²) in [4.78, 5) is 24.3. The van der Waals surface area contributed by atoms with Crippen molar-refractivity contribution >= 4 is 11.8 Å². The molecule has 0 bridgehead atoms. The molecule has 7 rings (SSSR count). The van der Waals surface area contributed by atoms with Crippen molar-refractivity contribution in [2.45, 2.75) is 70.5 Å². The van der Waals surface area contributed by atoms with E-state index in [4.69, 9.17) is 4.74 Å². The first-order chi connectivity index (χ1) is 13.3. The predicted molar refractivity (Wildman–Crippen MR) is 101 cm³/mol. The van der Waals surface area contributed by atoms with E-state index < -0.39 is 11.7 Å². The van der Waals surface area contributed by atoms with Crippen LogP contribution in [0.5, 0.6) is 0 Å². The second-order valence-electron chi connectivity index (χ2n) is 11.6. The van der Waals surface area contributed by atoms with Gasteiger partial charge in [0, 0.05) is 24.2 Å². The lowest BCUT2D eigenvalue weighted by Gasteiger charge is -2.61. The standard InChI is InChI=1S/C24H30O4/c1-22-5-3-11(25)7-15(22)12-8-13(12)20-17(22)10-18(26)23(2)21(20)14-9-16(14)24(23)6-4-19(27)28-24/h7,12-14,16-18,20-21,26H,3-6,8-10H2,1-2H3/t12?,13?,14?,16?,17?,18?,20?,21?,22?,23?,24-/m0/s1. The van der Waals surface area contributed by atoms with Gasteiger partial charge in [-0.3, -0.25) is 9.59 Å². The van der Waals surface area contributed by atoms with Crippen molar-refractivity contribution in [3.05, 3.63) is 11.6 Å². The van der Waals surface area contributed by atoms with Crippen molar-refractivity contribution in [3.8, 4) is 0 Å². The van der Waals surface area contributed by atoms with E-state index >= 15 is 0 Å². The molecule has 0 aromatic carbocycles. The number of hydrogen-bond donors (Lipinski definition) is 1. The van der Waals surface area contributed by atoms with Crippen LogP contribution in [-0.2, 0) is 14.3 Å². The molecule has 4 heteroatoms. The Morgan fingerprint density at radius 1 is 1.04 bits per heavy atom. The van der Waals surface area contributed by atoms with E-state index in [-0.39, 0.29) is 16.8 Å². The van der Waals surface area contributed by atoms with Crippen molar-refractivity contribution < 1.29 is 19.4 Å². The molecule has 28 heavy (non-hydrogen) atoms. The van der Waals surface area contributed by atoms with Gasteiger partial charge >= 0.3 is 5.97 Å². The summed E-state index contributed by atoms with van der Waals surface area (Å²) in [5, 5.41) is 11.6. The molecule has 1 spiro atoms. The highest BCUT2D eigenvalue weighted by Crippen LogP contribution is 2.82. The number of aliphatic hydroxyl groups is 1. The van der Waals surface area contributed by atoms with Gasteiger partial charge < -0.3 is 9.84 Å².